The maximum Gasteiger partial charge on any atom is 0.242 e. The second-order valence-corrected chi connectivity index (χ2v) is 5.57. The van der Waals surface area contributed by atoms with Crippen LogP contribution >= 0.6 is 0 Å². The van der Waals surface area contributed by atoms with Gasteiger partial charge in [0, 0.05) is 19.0 Å². The van der Waals surface area contributed by atoms with Crippen molar-refractivity contribution in [1.82, 2.24) is 10.2 Å². The third kappa shape index (κ3) is 5.21. The van der Waals surface area contributed by atoms with Crippen LogP contribution in [0.15, 0.2) is 30.3 Å². The summed E-state index contributed by atoms with van der Waals surface area (Å²) in [6.07, 6.45) is 0.884. The fraction of sp³-hybridized carbons (Fsp3) is 0.529. The summed E-state index contributed by atoms with van der Waals surface area (Å²) in [6.45, 7) is 8.60. The summed E-state index contributed by atoms with van der Waals surface area (Å²) >= 11 is 0. The first-order valence-electron chi connectivity index (χ1n) is 7.59. The van der Waals surface area contributed by atoms with Gasteiger partial charge in [0.2, 0.25) is 11.8 Å². The van der Waals surface area contributed by atoms with Crippen LogP contribution in [0.1, 0.15) is 39.7 Å². The standard InChI is InChI=1S/C17H26N2O2/c1-5-11-18-16(20)14(4)19(17(21)13(2)3)12-15-9-7-6-8-10-15/h6-10,13-14H,5,11-12H2,1-4H3,(H,18,20)/t14-/m0/s1. The van der Waals surface area contributed by atoms with Crippen LogP contribution in [0.25, 0.3) is 0 Å². The first kappa shape index (κ1) is 17.2. The van der Waals surface area contributed by atoms with E-state index in [1.807, 2.05) is 51.1 Å². The molecule has 4 heteroatoms. The molecule has 0 radical (unpaired) electrons. The molecule has 0 unspecified atom stereocenters. The number of hydrogen-bond acceptors (Lipinski definition) is 2. The van der Waals surface area contributed by atoms with E-state index in [0.29, 0.717) is 13.1 Å². The van der Waals surface area contributed by atoms with E-state index < -0.39 is 6.04 Å². The molecule has 0 aromatic heterocycles. The summed E-state index contributed by atoms with van der Waals surface area (Å²) in [5.74, 6) is -0.227. The first-order valence-corrected chi connectivity index (χ1v) is 7.59. The van der Waals surface area contributed by atoms with Gasteiger partial charge in [-0.05, 0) is 18.9 Å². The molecular weight excluding hydrogens is 264 g/mol. The Morgan fingerprint density at radius 2 is 1.76 bits per heavy atom. The van der Waals surface area contributed by atoms with Crippen molar-refractivity contribution >= 4 is 11.8 Å². The zero-order valence-corrected chi connectivity index (χ0v) is 13.4. The molecule has 1 N–H and O–H groups in total. The Bertz CT molecular complexity index is 457. The SMILES string of the molecule is CCCNC(=O)[C@H](C)N(Cc1ccccc1)C(=O)C(C)C. The third-order valence-corrected chi connectivity index (χ3v) is 3.37. The van der Waals surface area contributed by atoms with Crippen molar-refractivity contribution in [2.75, 3.05) is 6.54 Å². The van der Waals surface area contributed by atoms with Crippen molar-refractivity contribution in [3.63, 3.8) is 0 Å². The molecule has 21 heavy (non-hydrogen) atoms. The average molecular weight is 290 g/mol. The molecule has 0 spiro atoms. The lowest BCUT2D eigenvalue weighted by Crippen LogP contribution is -2.49. The predicted octanol–water partition coefficient (Wildman–Crippen LogP) is 2.59. The van der Waals surface area contributed by atoms with Gasteiger partial charge in [0.05, 0.1) is 0 Å². The van der Waals surface area contributed by atoms with Crippen LogP contribution in [0.2, 0.25) is 0 Å². The fourth-order valence-electron chi connectivity index (χ4n) is 2.05. The summed E-state index contributed by atoms with van der Waals surface area (Å²) in [5.41, 5.74) is 1.03. The molecular formula is C17H26N2O2. The molecule has 1 aromatic rings. The summed E-state index contributed by atoms with van der Waals surface area (Å²) in [4.78, 5) is 26.2. The molecule has 1 aromatic carbocycles. The van der Waals surface area contributed by atoms with Gasteiger partial charge in [0.25, 0.3) is 0 Å². The summed E-state index contributed by atoms with van der Waals surface area (Å²) in [5, 5.41) is 2.86. The Morgan fingerprint density at radius 3 is 2.29 bits per heavy atom. The van der Waals surface area contributed by atoms with E-state index in [1.165, 1.54) is 0 Å². The minimum atomic E-state index is -0.466. The average Bonchev–Trinajstić information content (AvgIpc) is 2.49. The molecule has 0 bridgehead atoms. The van der Waals surface area contributed by atoms with Crippen LogP contribution in [0.5, 0.6) is 0 Å². The first-order chi connectivity index (χ1) is 9.97. The molecule has 1 atom stereocenters. The maximum absolute atomic E-state index is 12.4. The van der Waals surface area contributed by atoms with Crippen molar-refractivity contribution in [1.29, 1.82) is 0 Å². The molecule has 0 aliphatic carbocycles. The highest BCUT2D eigenvalue weighted by Gasteiger charge is 2.27. The second kappa shape index (κ2) is 8.45. The molecule has 0 saturated carbocycles. The van der Waals surface area contributed by atoms with Crippen LogP contribution in [0, 0.1) is 5.92 Å². The number of carbonyl (C=O) groups is 2. The lowest BCUT2D eigenvalue weighted by molar-refractivity contribution is -0.143. The zero-order chi connectivity index (χ0) is 15.8. The highest BCUT2D eigenvalue weighted by Crippen LogP contribution is 2.13. The summed E-state index contributed by atoms with van der Waals surface area (Å²) in [7, 11) is 0. The second-order valence-electron chi connectivity index (χ2n) is 5.57. The van der Waals surface area contributed by atoms with Crippen molar-refractivity contribution in [2.24, 2.45) is 5.92 Å². The molecule has 0 fully saturated rings. The Kier molecular flexibility index (Phi) is 6.92. The van der Waals surface area contributed by atoms with Crippen molar-refractivity contribution in [3.8, 4) is 0 Å². The molecule has 0 saturated heterocycles. The van der Waals surface area contributed by atoms with Crippen LogP contribution in [0.3, 0.4) is 0 Å². The van der Waals surface area contributed by atoms with Gasteiger partial charge in [-0.15, -0.1) is 0 Å². The van der Waals surface area contributed by atoms with Crippen LogP contribution in [0.4, 0.5) is 0 Å². The Balaban J connectivity index is 2.86. The van der Waals surface area contributed by atoms with Crippen LogP contribution in [-0.2, 0) is 16.1 Å². The molecule has 0 aliphatic heterocycles. The highest BCUT2D eigenvalue weighted by molar-refractivity contribution is 5.88. The van der Waals surface area contributed by atoms with E-state index in [1.54, 1.807) is 11.8 Å². The van der Waals surface area contributed by atoms with Gasteiger partial charge < -0.3 is 10.2 Å². The Hall–Kier alpha value is -1.84. The number of nitrogens with zero attached hydrogens (tertiary/aromatic N) is 1. The minimum absolute atomic E-state index is 0.00185. The van der Waals surface area contributed by atoms with E-state index in [0.717, 1.165) is 12.0 Å². The number of amides is 2. The van der Waals surface area contributed by atoms with E-state index in [2.05, 4.69) is 5.32 Å². The quantitative estimate of drug-likeness (QED) is 0.839. The van der Waals surface area contributed by atoms with Crippen LogP contribution < -0.4 is 5.32 Å². The van der Waals surface area contributed by atoms with Crippen LogP contribution in [-0.4, -0.2) is 29.3 Å². The summed E-state index contributed by atoms with van der Waals surface area (Å²) < 4.78 is 0. The van der Waals surface area contributed by atoms with E-state index >= 15 is 0 Å². The predicted molar refractivity (Wildman–Crippen MR) is 84.6 cm³/mol. The smallest absolute Gasteiger partial charge is 0.242 e. The molecule has 116 valence electrons. The van der Waals surface area contributed by atoms with Crippen molar-refractivity contribution < 1.29 is 9.59 Å². The van der Waals surface area contributed by atoms with Gasteiger partial charge in [0.15, 0.2) is 0 Å². The Labute approximate surface area is 127 Å². The van der Waals surface area contributed by atoms with Gasteiger partial charge in [-0.2, -0.15) is 0 Å². The largest absolute Gasteiger partial charge is 0.354 e. The summed E-state index contributed by atoms with van der Waals surface area (Å²) in [6, 6.07) is 9.29. The van der Waals surface area contributed by atoms with Crippen molar-refractivity contribution in [2.45, 2.75) is 46.7 Å². The number of benzene rings is 1. The van der Waals surface area contributed by atoms with E-state index in [4.69, 9.17) is 0 Å². The molecule has 0 heterocycles. The van der Waals surface area contributed by atoms with Crippen molar-refractivity contribution in [3.05, 3.63) is 35.9 Å². The maximum atomic E-state index is 12.4. The lowest BCUT2D eigenvalue weighted by atomic mass is 10.1. The molecule has 4 nitrogen and oxygen atoms in total. The molecule has 2 amide bonds. The minimum Gasteiger partial charge on any atom is -0.354 e. The third-order valence-electron chi connectivity index (χ3n) is 3.37. The van der Waals surface area contributed by atoms with E-state index in [-0.39, 0.29) is 17.7 Å². The number of hydrogen-bond donors (Lipinski definition) is 1. The molecule has 0 aliphatic rings. The normalized spacial score (nSPS) is 12.0. The number of carbonyl (C=O) groups excluding carboxylic acids is 2. The lowest BCUT2D eigenvalue weighted by Gasteiger charge is -2.30. The zero-order valence-electron chi connectivity index (χ0n) is 13.4. The van der Waals surface area contributed by atoms with Gasteiger partial charge >= 0.3 is 0 Å². The van der Waals surface area contributed by atoms with Gasteiger partial charge in [-0.1, -0.05) is 51.1 Å². The topological polar surface area (TPSA) is 49.4 Å². The fourth-order valence-corrected chi connectivity index (χ4v) is 2.05. The van der Waals surface area contributed by atoms with Gasteiger partial charge in [-0.25, -0.2) is 0 Å². The molecule has 1 rings (SSSR count). The Morgan fingerprint density at radius 1 is 1.14 bits per heavy atom. The van der Waals surface area contributed by atoms with Gasteiger partial charge in [0.1, 0.15) is 6.04 Å². The number of nitrogens with one attached hydrogen (secondary N) is 1. The monoisotopic (exact) mass is 290 g/mol. The highest BCUT2D eigenvalue weighted by atomic mass is 16.2. The van der Waals surface area contributed by atoms with E-state index in [9.17, 15) is 9.59 Å². The number of rotatable bonds is 7. The van der Waals surface area contributed by atoms with Gasteiger partial charge in [-0.3, -0.25) is 9.59 Å².